The molecule has 1 aromatic carbocycles. The molecule has 5 rings (SSSR count). The van der Waals surface area contributed by atoms with E-state index in [-0.39, 0.29) is 17.4 Å². The molecule has 164 valence electrons. The summed E-state index contributed by atoms with van der Waals surface area (Å²) in [7, 11) is 0. The average Bonchev–Trinajstić information content (AvgIpc) is 3.12. The van der Waals surface area contributed by atoms with Crippen molar-refractivity contribution in [1.29, 1.82) is 0 Å². The van der Waals surface area contributed by atoms with Gasteiger partial charge >= 0.3 is 6.18 Å². The molecule has 7 nitrogen and oxygen atoms in total. The third-order valence-corrected chi connectivity index (χ3v) is 7.06. The van der Waals surface area contributed by atoms with Crippen LogP contribution in [0.4, 0.5) is 13.2 Å². The summed E-state index contributed by atoms with van der Waals surface area (Å²) in [6.07, 6.45) is -1.09. The van der Waals surface area contributed by atoms with E-state index >= 15 is 0 Å². The molecule has 0 aliphatic heterocycles. The smallest absolute Gasteiger partial charge is 0.351 e. The van der Waals surface area contributed by atoms with Crippen LogP contribution in [0.1, 0.15) is 59.8 Å². The minimum atomic E-state index is -4.78. The second kappa shape index (κ2) is 7.06. The lowest BCUT2D eigenvalue weighted by Crippen LogP contribution is -2.52. The van der Waals surface area contributed by atoms with Crippen molar-refractivity contribution in [2.24, 2.45) is 11.3 Å². The van der Waals surface area contributed by atoms with E-state index in [4.69, 9.17) is 0 Å². The third-order valence-electron chi connectivity index (χ3n) is 7.06. The van der Waals surface area contributed by atoms with Crippen LogP contribution in [0.5, 0.6) is 0 Å². The zero-order valence-electron chi connectivity index (χ0n) is 16.6. The van der Waals surface area contributed by atoms with Gasteiger partial charge < -0.3 is 10.6 Å². The first-order valence-electron chi connectivity index (χ1n) is 10.4. The second-order valence-electron chi connectivity index (χ2n) is 8.80. The fourth-order valence-electron chi connectivity index (χ4n) is 5.32. The normalized spacial score (nSPS) is 31.5. The summed E-state index contributed by atoms with van der Waals surface area (Å²) < 4.78 is 38.9. The highest BCUT2D eigenvalue weighted by atomic mass is 19.4. The zero-order chi connectivity index (χ0) is 21.8. The van der Waals surface area contributed by atoms with Crippen molar-refractivity contribution in [3.8, 4) is 0 Å². The van der Waals surface area contributed by atoms with Crippen molar-refractivity contribution in [2.75, 3.05) is 0 Å². The van der Waals surface area contributed by atoms with E-state index in [0.29, 0.717) is 24.7 Å². The van der Waals surface area contributed by atoms with Gasteiger partial charge in [0, 0.05) is 12.1 Å². The van der Waals surface area contributed by atoms with Crippen LogP contribution < -0.4 is 10.6 Å². The van der Waals surface area contributed by atoms with Gasteiger partial charge in [0.1, 0.15) is 0 Å². The molecule has 3 fully saturated rings. The molecule has 0 radical (unpaired) electrons. The first-order valence-corrected chi connectivity index (χ1v) is 10.4. The number of carbonyl (C=O) groups is 2. The fourth-order valence-corrected chi connectivity index (χ4v) is 5.32. The van der Waals surface area contributed by atoms with Crippen molar-refractivity contribution < 1.29 is 22.8 Å². The Morgan fingerprint density at radius 2 is 1.74 bits per heavy atom. The van der Waals surface area contributed by atoms with Crippen molar-refractivity contribution in [1.82, 2.24) is 26.0 Å². The summed E-state index contributed by atoms with van der Waals surface area (Å²) in [5.74, 6) is -0.205. The maximum atomic E-state index is 13.0. The number of H-pyrrole nitrogens is 1. The first kappa shape index (κ1) is 20.0. The summed E-state index contributed by atoms with van der Waals surface area (Å²) in [6, 6.07) is 9.42. The van der Waals surface area contributed by atoms with E-state index in [0.717, 1.165) is 19.3 Å². The Hall–Kier alpha value is -2.91. The van der Waals surface area contributed by atoms with E-state index in [9.17, 15) is 22.8 Å². The molecule has 0 spiro atoms. The molecule has 3 aliphatic rings. The fraction of sp³-hybridized carbons (Fsp3) is 0.524. The molecule has 0 unspecified atom stereocenters. The topological polar surface area (TPSA) is 99.8 Å². The van der Waals surface area contributed by atoms with Gasteiger partial charge in [0.25, 0.3) is 5.91 Å². The molecule has 3 aliphatic carbocycles. The summed E-state index contributed by atoms with van der Waals surface area (Å²) in [6.45, 7) is 0. The second-order valence-corrected chi connectivity index (χ2v) is 8.80. The number of nitrogens with one attached hydrogen (secondary N) is 3. The van der Waals surface area contributed by atoms with Crippen molar-refractivity contribution >= 4 is 11.8 Å². The molecule has 0 bridgehead atoms. The molecule has 1 aromatic heterocycles. The number of carbonyl (C=O) groups excluding carboxylic acids is 2. The molecule has 2 amide bonds. The number of halogens is 3. The van der Waals surface area contributed by atoms with Crippen LogP contribution in [-0.2, 0) is 11.0 Å². The highest BCUT2D eigenvalue weighted by molar-refractivity contribution is 5.94. The van der Waals surface area contributed by atoms with Crippen LogP contribution in [0.2, 0.25) is 0 Å². The number of hydrogen-bond acceptors (Lipinski definition) is 4. The highest BCUT2D eigenvalue weighted by Crippen LogP contribution is 2.74. The molecule has 3 N–H and O–H groups in total. The van der Waals surface area contributed by atoms with E-state index in [2.05, 4.69) is 33.0 Å². The molecule has 31 heavy (non-hydrogen) atoms. The molecule has 1 heterocycles. The molecule has 3 saturated carbocycles. The molecule has 0 saturated heterocycles. The Bertz CT molecular complexity index is 1010. The maximum Gasteiger partial charge on any atom is 0.437 e. The lowest BCUT2D eigenvalue weighted by atomic mass is 9.71. The Morgan fingerprint density at radius 3 is 2.42 bits per heavy atom. The average molecular weight is 433 g/mol. The van der Waals surface area contributed by atoms with Crippen molar-refractivity contribution in [3.63, 3.8) is 0 Å². The van der Waals surface area contributed by atoms with Gasteiger partial charge in [-0.2, -0.15) is 28.6 Å². The van der Waals surface area contributed by atoms with Gasteiger partial charge in [0.2, 0.25) is 5.91 Å². The van der Waals surface area contributed by atoms with Gasteiger partial charge in [-0.05, 0) is 49.5 Å². The predicted molar refractivity (Wildman–Crippen MR) is 103 cm³/mol. The number of amides is 2. The lowest BCUT2D eigenvalue weighted by Gasteiger charge is -2.35. The number of hydrogen-bond donors (Lipinski definition) is 3. The molecular formula is C21H22F3N5O2. The number of alkyl halides is 3. The van der Waals surface area contributed by atoms with E-state index in [1.165, 1.54) is 5.56 Å². The predicted octanol–water partition coefficient (Wildman–Crippen LogP) is 2.78. The zero-order valence-corrected chi connectivity index (χ0v) is 16.6. The largest absolute Gasteiger partial charge is 0.437 e. The summed E-state index contributed by atoms with van der Waals surface area (Å²) >= 11 is 0. The number of benzene rings is 1. The monoisotopic (exact) mass is 433 g/mol. The number of aromatic amines is 1. The molecule has 5 atom stereocenters. The minimum absolute atomic E-state index is 0.00625. The van der Waals surface area contributed by atoms with E-state index in [1.807, 2.05) is 23.4 Å². The van der Waals surface area contributed by atoms with Crippen LogP contribution in [0.25, 0.3) is 0 Å². The Kier molecular flexibility index (Phi) is 4.56. The van der Waals surface area contributed by atoms with Gasteiger partial charge in [-0.25, -0.2) is 0 Å². The summed E-state index contributed by atoms with van der Waals surface area (Å²) in [5, 5.41) is 13.9. The Labute approximate surface area is 176 Å². The van der Waals surface area contributed by atoms with Gasteiger partial charge in [-0.3, -0.25) is 9.59 Å². The van der Waals surface area contributed by atoms with Crippen molar-refractivity contribution in [2.45, 2.75) is 56.3 Å². The summed E-state index contributed by atoms with van der Waals surface area (Å²) in [4.78, 5) is 25.4. The van der Waals surface area contributed by atoms with E-state index < -0.39 is 29.5 Å². The SMILES string of the molecule is O=C(N[C@@H]1CCC[C@H]1NC(=O)[C@@]12C[C@H](c3ccccc3)[C@@H]1C2)c1n[nH]nc1C(F)(F)F. The van der Waals surface area contributed by atoms with Crippen LogP contribution in [0, 0.1) is 11.3 Å². The Balaban J connectivity index is 1.20. The lowest BCUT2D eigenvalue weighted by molar-refractivity contribution is -0.141. The van der Waals surface area contributed by atoms with Gasteiger partial charge in [0.15, 0.2) is 11.4 Å². The molecular weight excluding hydrogens is 411 g/mol. The maximum absolute atomic E-state index is 13.0. The quantitative estimate of drug-likeness (QED) is 0.675. The minimum Gasteiger partial charge on any atom is -0.351 e. The molecule has 2 aromatic rings. The molecule has 10 heteroatoms. The summed E-state index contributed by atoms with van der Waals surface area (Å²) in [5.41, 5.74) is -1.19. The Morgan fingerprint density at radius 1 is 1.03 bits per heavy atom. The van der Waals surface area contributed by atoms with E-state index in [1.54, 1.807) is 0 Å². The van der Waals surface area contributed by atoms with Crippen LogP contribution >= 0.6 is 0 Å². The van der Waals surface area contributed by atoms with Gasteiger partial charge in [-0.15, -0.1) is 0 Å². The third kappa shape index (κ3) is 3.37. The van der Waals surface area contributed by atoms with Crippen LogP contribution in [-0.4, -0.2) is 39.3 Å². The number of rotatable bonds is 5. The first-order chi connectivity index (χ1) is 14.8. The van der Waals surface area contributed by atoms with Crippen LogP contribution in [0.3, 0.4) is 0 Å². The standard InChI is InChI=1S/C21H22F3N5O2/c22-21(23,24)17-16(27-29-28-17)18(30)25-14-7-4-8-15(14)26-19(31)20-9-12(13(20)10-20)11-5-2-1-3-6-11/h1-3,5-6,12-15H,4,7-10H2,(H,25,30)(H,26,31)(H,27,28,29)/t12-,13+,14-,15-,20-/m1/s1. The number of fused-ring (bicyclic) bond motifs is 1. The number of nitrogens with zero attached hydrogens (tertiary/aromatic N) is 2. The highest BCUT2D eigenvalue weighted by Gasteiger charge is 2.71. The van der Waals surface area contributed by atoms with Gasteiger partial charge in [-0.1, -0.05) is 30.3 Å². The van der Waals surface area contributed by atoms with Crippen LogP contribution in [0.15, 0.2) is 30.3 Å². The van der Waals surface area contributed by atoms with Gasteiger partial charge in [0.05, 0.1) is 5.41 Å². The van der Waals surface area contributed by atoms with Crippen molar-refractivity contribution in [3.05, 3.63) is 47.3 Å². The number of aromatic nitrogens is 3.